The van der Waals surface area contributed by atoms with Crippen LogP contribution in [-0.2, 0) is 4.79 Å². The maximum absolute atomic E-state index is 13.1. The van der Waals surface area contributed by atoms with E-state index in [9.17, 15) is 19.3 Å². The van der Waals surface area contributed by atoms with E-state index in [4.69, 9.17) is 0 Å². The number of nitro groups is 1. The van der Waals surface area contributed by atoms with Crippen LogP contribution in [0.5, 0.6) is 0 Å². The monoisotopic (exact) mass is 394 g/mol. The first-order valence-electron chi connectivity index (χ1n) is 8.88. The molecule has 0 aliphatic heterocycles. The fourth-order valence-electron chi connectivity index (χ4n) is 2.94. The second-order valence-electron chi connectivity index (χ2n) is 6.49. The summed E-state index contributed by atoms with van der Waals surface area (Å²) in [6.07, 6.45) is 4.51. The maximum Gasteiger partial charge on any atom is 0.270 e. The molecule has 8 heteroatoms. The van der Waals surface area contributed by atoms with E-state index < -0.39 is 4.92 Å². The molecular weight excluding hydrogens is 375 g/mol. The summed E-state index contributed by atoms with van der Waals surface area (Å²) in [5, 5.41) is 18.0. The molecule has 1 atom stereocenters. The SMILES string of the molecule is Cc1c(C(C)NC(=O)/C=C/c2cccc([N+](=O)[O-])c2)cnn1-c1ccc(F)cc1. The summed E-state index contributed by atoms with van der Waals surface area (Å²) in [6.45, 7) is 3.70. The Morgan fingerprint density at radius 1 is 1.28 bits per heavy atom. The van der Waals surface area contributed by atoms with Crippen LogP contribution in [-0.4, -0.2) is 20.6 Å². The third-order valence-electron chi connectivity index (χ3n) is 4.45. The molecule has 0 bridgehead atoms. The fraction of sp³-hybridized carbons (Fsp3) is 0.143. The first-order chi connectivity index (χ1) is 13.8. The zero-order chi connectivity index (χ0) is 21.0. The van der Waals surface area contributed by atoms with E-state index in [0.29, 0.717) is 5.56 Å². The van der Waals surface area contributed by atoms with Gasteiger partial charge in [-0.05, 0) is 49.8 Å². The molecule has 0 radical (unpaired) electrons. The van der Waals surface area contributed by atoms with Crippen molar-refractivity contribution in [2.24, 2.45) is 0 Å². The van der Waals surface area contributed by atoms with Gasteiger partial charge in [-0.2, -0.15) is 5.10 Å². The average Bonchev–Trinajstić information content (AvgIpc) is 3.08. The van der Waals surface area contributed by atoms with Crippen molar-refractivity contribution in [2.75, 3.05) is 0 Å². The highest BCUT2D eigenvalue weighted by molar-refractivity contribution is 5.92. The number of aromatic nitrogens is 2. The summed E-state index contributed by atoms with van der Waals surface area (Å²) >= 11 is 0. The number of hydrogen-bond acceptors (Lipinski definition) is 4. The van der Waals surface area contributed by atoms with Gasteiger partial charge in [-0.25, -0.2) is 9.07 Å². The molecule has 7 nitrogen and oxygen atoms in total. The number of carbonyl (C=O) groups is 1. The molecule has 0 saturated heterocycles. The number of carbonyl (C=O) groups excluding carboxylic acids is 1. The molecule has 0 fully saturated rings. The molecule has 1 heterocycles. The van der Waals surface area contributed by atoms with E-state index >= 15 is 0 Å². The molecule has 3 rings (SSSR count). The highest BCUT2D eigenvalue weighted by Crippen LogP contribution is 2.20. The number of nitro benzene ring substituents is 1. The third kappa shape index (κ3) is 4.73. The summed E-state index contributed by atoms with van der Waals surface area (Å²) in [5.74, 6) is -0.659. The molecule has 0 aliphatic carbocycles. The fourth-order valence-corrected chi connectivity index (χ4v) is 2.94. The predicted molar refractivity (Wildman–Crippen MR) is 107 cm³/mol. The van der Waals surface area contributed by atoms with E-state index in [-0.39, 0.29) is 23.5 Å². The minimum Gasteiger partial charge on any atom is -0.346 e. The van der Waals surface area contributed by atoms with Crippen molar-refractivity contribution in [2.45, 2.75) is 19.9 Å². The lowest BCUT2D eigenvalue weighted by Gasteiger charge is -2.13. The lowest BCUT2D eigenvalue weighted by molar-refractivity contribution is -0.384. The van der Waals surface area contributed by atoms with Gasteiger partial charge in [0.25, 0.3) is 5.69 Å². The molecule has 1 N–H and O–H groups in total. The lowest BCUT2D eigenvalue weighted by Crippen LogP contribution is -2.25. The van der Waals surface area contributed by atoms with Crippen LogP contribution in [0, 0.1) is 22.9 Å². The summed E-state index contributed by atoms with van der Waals surface area (Å²) < 4.78 is 14.8. The molecule has 0 aliphatic rings. The van der Waals surface area contributed by atoms with E-state index in [2.05, 4.69) is 10.4 Å². The van der Waals surface area contributed by atoms with Crippen LogP contribution in [0.15, 0.2) is 60.8 Å². The van der Waals surface area contributed by atoms with Gasteiger partial charge in [-0.3, -0.25) is 14.9 Å². The summed E-state index contributed by atoms with van der Waals surface area (Å²) in [5.41, 5.74) is 2.89. The number of nitrogens with one attached hydrogen (secondary N) is 1. The van der Waals surface area contributed by atoms with Gasteiger partial charge in [0, 0.05) is 29.5 Å². The number of benzene rings is 2. The van der Waals surface area contributed by atoms with Crippen LogP contribution in [0.4, 0.5) is 10.1 Å². The quantitative estimate of drug-likeness (QED) is 0.387. The highest BCUT2D eigenvalue weighted by Gasteiger charge is 2.15. The number of rotatable bonds is 6. The van der Waals surface area contributed by atoms with Gasteiger partial charge in [-0.15, -0.1) is 0 Å². The zero-order valence-electron chi connectivity index (χ0n) is 15.9. The van der Waals surface area contributed by atoms with E-state index in [1.807, 2.05) is 13.8 Å². The van der Waals surface area contributed by atoms with Gasteiger partial charge in [-0.1, -0.05) is 12.1 Å². The number of halogens is 1. The van der Waals surface area contributed by atoms with Crippen LogP contribution in [0.2, 0.25) is 0 Å². The summed E-state index contributed by atoms with van der Waals surface area (Å²) in [4.78, 5) is 22.6. The molecule has 29 heavy (non-hydrogen) atoms. The second-order valence-corrected chi connectivity index (χ2v) is 6.49. The highest BCUT2D eigenvalue weighted by atomic mass is 19.1. The van der Waals surface area contributed by atoms with Crippen molar-refractivity contribution in [3.8, 4) is 5.69 Å². The Morgan fingerprint density at radius 3 is 2.69 bits per heavy atom. The molecule has 1 unspecified atom stereocenters. The average molecular weight is 394 g/mol. The van der Waals surface area contributed by atoms with E-state index in [0.717, 1.165) is 16.9 Å². The summed E-state index contributed by atoms with van der Waals surface area (Å²) in [7, 11) is 0. The number of hydrogen-bond donors (Lipinski definition) is 1. The third-order valence-corrected chi connectivity index (χ3v) is 4.45. The number of non-ortho nitro benzene ring substituents is 1. The van der Waals surface area contributed by atoms with Crippen LogP contribution < -0.4 is 5.32 Å². The Kier molecular flexibility index (Phi) is 5.82. The Morgan fingerprint density at radius 2 is 2.00 bits per heavy atom. The molecule has 0 spiro atoms. The van der Waals surface area contributed by atoms with E-state index in [1.165, 1.54) is 36.4 Å². The Bertz CT molecular complexity index is 1070. The first-order valence-corrected chi connectivity index (χ1v) is 8.88. The van der Waals surface area contributed by atoms with Crippen molar-refractivity contribution in [1.29, 1.82) is 0 Å². The molecule has 3 aromatic rings. The molecule has 148 valence electrons. The van der Waals surface area contributed by atoms with Crippen molar-refractivity contribution >= 4 is 17.7 Å². The molecule has 2 aromatic carbocycles. The number of amides is 1. The molecular formula is C21H19FN4O3. The maximum atomic E-state index is 13.1. The normalized spacial score (nSPS) is 12.1. The molecule has 1 aromatic heterocycles. The van der Waals surface area contributed by atoms with Gasteiger partial charge >= 0.3 is 0 Å². The molecule has 1 amide bonds. The van der Waals surface area contributed by atoms with Crippen LogP contribution in [0.3, 0.4) is 0 Å². The Labute approximate surface area is 166 Å². The minimum atomic E-state index is -0.485. The molecule has 0 saturated carbocycles. The van der Waals surface area contributed by atoms with Gasteiger partial charge in [0.2, 0.25) is 5.91 Å². The van der Waals surface area contributed by atoms with Crippen LogP contribution >= 0.6 is 0 Å². The van der Waals surface area contributed by atoms with E-state index in [1.54, 1.807) is 35.1 Å². The van der Waals surface area contributed by atoms with Gasteiger partial charge in [0.15, 0.2) is 0 Å². The first kappa shape index (κ1) is 19.9. The lowest BCUT2D eigenvalue weighted by atomic mass is 10.1. The van der Waals surface area contributed by atoms with Crippen molar-refractivity contribution in [1.82, 2.24) is 15.1 Å². The van der Waals surface area contributed by atoms with Gasteiger partial charge in [0.1, 0.15) is 5.82 Å². The van der Waals surface area contributed by atoms with Crippen molar-refractivity contribution in [3.63, 3.8) is 0 Å². The summed E-state index contributed by atoms with van der Waals surface area (Å²) in [6, 6.07) is 11.7. The Balaban J connectivity index is 1.69. The topological polar surface area (TPSA) is 90.1 Å². The van der Waals surface area contributed by atoms with Crippen molar-refractivity contribution < 1.29 is 14.1 Å². The Hall–Kier alpha value is -3.81. The predicted octanol–water partition coefficient (Wildman–Crippen LogP) is 4.12. The number of nitrogens with zero attached hydrogens (tertiary/aromatic N) is 3. The largest absolute Gasteiger partial charge is 0.346 e. The second kappa shape index (κ2) is 8.47. The minimum absolute atomic E-state index is 0.0373. The van der Waals surface area contributed by atoms with Crippen LogP contribution in [0.25, 0.3) is 11.8 Å². The standard InChI is InChI=1S/C21H19FN4O3/c1-14(20-13-23-25(15(20)2)18-9-7-17(22)8-10-18)24-21(27)11-6-16-4-3-5-19(12-16)26(28)29/h3-14H,1-2H3,(H,24,27)/b11-6+. The van der Waals surface area contributed by atoms with Crippen LogP contribution in [0.1, 0.15) is 29.8 Å². The van der Waals surface area contributed by atoms with Crippen molar-refractivity contribution in [3.05, 3.63) is 93.6 Å². The smallest absolute Gasteiger partial charge is 0.270 e. The zero-order valence-corrected chi connectivity index (χ0v) is 15.9. The van der Waals surface area contributed by atoms with Gasteiger partial charge in [0.05, 0.1) is 22.8 Å². The van der Waals surface area contributed by atoms with Gasteiger partial charge < -0.3 is 5.32 Å².